The monoisotopic (exact) mass is 350 g/mol. The van der Waals surface area contributed by atoms with Gasteiger partial charge in [0.1, 0.15) is 0 Å². The van der Waals surface area contributed by atoms with E-state index in [2.05, 4.69) is 10.3 Å². The maximum atomic E-state index is 12.6. The molecule has 0 aliphatic rings. The molecule has 3 aromatic rings. The number of benzene rings is 2. The molecule has 1 atom stereocenters. The van der Waals surface area contributed by atoms with Crippen LogP contribution in [0.3, 0.4) is 0 Å². The summed E-state index contributed by atoms with van der Waals surface area (Å²) in [4.78, 5) is 28.2. The molecular formula is C21H22N2O3. The van der Waals surface area contributed by atoms with Crippen molar-refractivity contribution < 1.29 is 14.3 Å². The molecule has 2 N–H and O–H groups in total. The Kier molecular flexibility index (Phi) is 4.80. The van der Waals surface area contributed by atoms with E-state index < -0.39 is 12.1 Å². The van der Waals surface area contributed by atoms with Crippen LogP contribution in [0.5, 0.6) is 0 Å². The van der Waals surface area contributed by atoms with Gasteiger partial charge in [-0.05, 0) is 45.4 Å². The maximum Gasteiger partial charge on any atom is 0.341 e. The van der Waals surface area contributed by atoms with Crippen molar-refractivity contribution in [2.24, 2.45) is 0 Å². The molecule has 2 aromatic carbocycles. The summed E-state index contributed by atoms with van der Waals surface area (Å²) in [6, 6.07) is 13.3. The molecule has 5 nitrogen and oxygen atoms in total. The zero-order chi connectivity index (χ0) is 18.8. The predicted octanol–water partition coefficient (Wildman–Crippen LogP) is 4.28. The molecule has 1 heterocycles. The maximum absolute atomic E-state index is 12.6. The number of H-pyrrole nitrogens is 1. The molecule has 1 unspecified atom stereocenters. The Morgan fingerprint density at radius 1 is 1.08 bits per heavy atom. The number of aryl methyl sites for hydroxylation is 3. The van der Waals surface area contributed by atoms with Crippen molar-refractivity contribution in [3.05, 3.63) is 64.8 Å². The van der Waals surface area contributed by atoms with Crippen LogP contribution < -0.4 is 5.32 Å². The Morgan fingerprint density at radius 2 is 1.81 bits per heavy atom. The molecular weight excluding hydrogens is 328 g/mol. The summed E-state index contributed by atoms with van der Waals surface area (Å²) >= 11 is 0. The molecule has 0 aliphatic heterocycles. The van der Waals surface area contributed by atoms with E-state index >= 15 is 0 Å². The van der Waals surface area contributed by atoms with Crippen molar-refractivity contribution in [1.29, 1.82) is 0 Å². The van der Waals surface area contributed by atoms with Crippen molar-refractivity contribution >= 4 is 28.5 Å². The minimum atomic E-state index is -0.906. The third-order valence-corrected chi connectivity index (χ3v) is 4.39. The summed E-state index contributed by atoms with van der Waals surface area (Å²) in [6.45, 7) is 7.30. The van der Waals surface area contributed by atoms with Crippen molar-refractivity contribution in [3.8, 4) is 0 Å². The van der Waals surface area contributed by atoms with Crippen molar-refractivity contribution in [2.45, 2.75) is 33.8 Å². The van der Waals surface area contributed by atoms with Crippen LogP contribution in [0.15, 0.2) is 42.5 Å². The number of aromatic nitrogens is 1. The molecule has 0 bridgehead atoms. The Balaban J connectivity index is 1.74. The standard InChI is InChI=1S/C21H22N2O3/c1-12-9-10-17(13(2)11-12)23-20(24)15(4)26-21(25)19-14(3)22-18-8-6-5-7-16(18)19/h5-11,15,22H,1-4H3,(H,23,24). The van der Waals surface area contributed by atoms with E-state index in [4.69, 9.17) is 4.74 Å². The number of aromatic amines is 1. The SMILES string of the molecule is Cc1ccc(NC(=O)C(C)OC(=O)c2c(C)[nH]c3ccccc23)c(C)c1. The lowest BCUT2D eigenvalue weighted by molar-refractivity contribution is -0.123. The topological polar surface area (TPSA) is 71.2 Å². The van der Waals surface area contributed by atoms with Gasteiger partial charge in [-0.25, -0.2) is 4.79 Å². The highest BCUT2D eigenvalue weighted by Gasteiger charge is 2.23. The first-order valence-corrected chi connectivity index (χ1v) is 8.53. The van der Waals surface area contributed by atoms with Crippen molar-refractivity contribution in [3.63, 3.8) is 0 Å². The molecule has 1 aromatic heterocycles. The number of rotatable bonds is 4. The minimum Gasteiger partial charge on any atom is -0.449 e. The van der Waals surface area contributed by atoms with Gasteiger partial charge in [0.15, 0.2) is 6.10 Å². The van der Waals surface area contributed by atoms with Gasteiger partial charge < -0.3 is 15.0 Å². The van der Waals surface area contributed by atoms with E-state index in [0.29, 0.717) is 11.3 Å². The summed E-state index contributed by atoms with van der Waals surface area (Å²) in [6.07, 6.45) is -0.906. The number of carbonyl (C=O) groups is 2. The number of hydrogen-bond donors (Lipinski definition) is 2. The Labute approximate surface area is 152 Å². The molecule has 1 amide bonds. The fourth-order valence-corrected chi connectivity index (χ4v) is 3.00. The Bertz CT molecular complexity index is 988. The third-order valence-electron chi connectivity index (χ3n) is 4.39. The number of carbonyl (C=O) groups excluding carboxylic acids is 2. The quantitative estimate of drug-likeness (QED) is 0.690. The molecule has 26 heavy (non-hydrogen) atoms. The van der Waals surface area contributed by atoms with E-state index in [0.717, 1.165) is 27.7 Å². The van der Waals surface area contributed by atoms with Gasteiger partial charge in [-0.15, -0.1) is 0 Å². The second-order valence-corrected chi connectivity index (χ2v) is 6.53. The van der Waals surface area contributed by atoms with Gasteiger partial charge in [0.05, 0.1) is 5.56 Å². The number of hydrogen-bond acceptors (Lipinski definition) is 3. The summed E-state index contributed by atoms with van der Waals surface area (Å²) in [5.41, 5.74) is 4.85. The lowest BCUT2D eigenvalue weighted by Gasteiger charge is -2.15. The average molecular weight is 350 g/mol. The highest BCUT2D eigenvalue weighted by molar-refractivity contribution is 6.06. The Hall–Kier alpha value is -3.08. The molecule has 0 saturated heterocycles. The molecule has 0 fully saturated rings. The van der Waals surface area contributed by atoms with E-state index in [1.54, 1.807) is 6.92 Å². The number of ether oxygens (including phenoxy) is 1. The molecule has 0 spiro atoms. The second kappa shape index (κ2) is 7.04. The highest BCUT2D eigenvalue weighted by Crippen LogP contribution is 2.23. The molecule has 0 saturated carbocycles. The van der Waals surface area contributed by atoms with E-state index in [-0.39, 0.29) is 5.91 Å². The smallest absolute Gasteiger partial charge is 0.341 e. The van der Waals surface area contributed by atoms with Gasteiger partial charge in [0.2, 0.25) is 0 Å². The van der Waals surface area contributed by atoms with E-state index in [1.807, 2.05) is 63.2 Å². The van der Waals surface area contributed by atoms with Gasteiger partial charge in [0.25, 0.3) is 5.91 Å². The summed E-state index contributed by atoms with van der Waals surface area (Å²) < 4.78 is 5.41. The van der Waals surface area contributed by atoms with Crippen LogP contribution >= 0.6 is 0 Å². The zero-order valence-corrected chi connectivity index (χ0v) is 15.3. The van der Waals surface area contributed by atoms with Crippen LogP contribution in [-0.4, -0.2) is 23.0 Å². The van der Waals surface area contributed by atoms with E-state index in [9.17, 15) is 9.59 Å². The Morgan fingerprint density at radius 3 is 2.54 bits per heavy atom. The average Bonchev–Trinajstić information content (AvgIpc) is 2.92. The largest absolute Gasteiger partial charge is 0.449 e. The molecule has 0 aliphatic carbocycles. The van der Waals surface area contributed by atoms with Gasteiger partial charge in [0, 0.05) is 22.3 Å². The van der Waals surface area contributed by atoms with E-state index in [1.165, 1.54) is 0 Å². The van der Waals surface area contributed by atoms with Gasteiger partial charge >= 0.3 is 5.97 Å². The fraction of sp³-hybridized carbons (Fsp3) is 0.238. The van der Waals surface area contributed by atoms with Gasteiger partial charge in [-0.3, -0.25) is 4.79 Å². The third kappa shape index (κ3) is 3.47. The first kappa shape index (κ1) is 17.7. The minimum absolute atomic E-state index is 0.359. The number of anilines is 1. The van der Waals surface area contributed by atoms with Crippen LogP contribution in [0, 0.1) is 20.8 Å². The fourth-order valence-electron chi connectivity index (χ4n) is 3.00. The van der Waals surface area contributed by atoms with Crippen molar-refractivity contribution in [1.82, 2.24) is 4.98 Å². The molecule has 0 radical (unpaired) electrons. The first-order chi connectivity index (χ1) is 12.4. The summed E-state index contributed by atoms with van der Waals surface area (Å²) in [5.74, 6) is -0.869. The number of fused-ring (bicyclic) bond motifs is 1. The normalized spacial score (nSPS) is 12.0. The first-order valence-electron chi connectivity index (χ1n) is 8.53. The summed E-state index contributed by atoms with van der Waals surface area (Å²) in [7, 11) is 0. The highest BCUT2D eigenvalue weighted by atomic mass is 16.5. The number of esters is 1. The van der Waals surface area contributed by atoms with Crippen LogP contribution in [0.25, 0.3) is 10.9 Å². The van der Waals surface area contributed by atoms with Crippen LogP contribution in [-0.2, 0) is 9.53 Å². The second-order valence-electron chi connectivity index (χ2n) is 6.53. The zero-order valence-electron chi connectivity index (χ0n) is 15.3. The number of para-hydroxylation sites is 1. The lowest BCUT2D eigenvalue weighted by Crippen LogP contribution is -2.30. The van der Waals surface area contributed by atoms with Crippen LogP contribution in [0.1, 0.15) is 34.1 Å². The van der Waals surface area contributed by atoms with Crippen LogP contribution in [0.2, 0.25) is 0 Å². The number of amides is 1. The summed E-state index contributed by atoms with van der Waals surface area (Å²) in [5, 5.41) is 3.60. The van der Waals surface area contributed by atoms with Crippen molar-refractivity contribution in [2.75, 3.05) is 5.32 Å². The molecule has 3 rings (SSSR count). The van der Waals surface area contributed by atoms with Crippen LogP contribution in [0.4, 0.5) is 5.69 Å². The van der Waals surface area contributed by atoms with Gasteiger partial charge in [-0.1, -0.05) is 35.9 Å². The number of nitrogens with one attached hydrogen (secondary N) is 2. The lowest BCUT2D eigenvalue weighted by atomic mass is 10.1. The molecule has 134 valence electrons. The molecule has 5 heteroatoms. The predicted molar refractivity (Wildman–Crippen MR) is 102 cm³/mol. The van der Waals surface area contributed by atoms with Gasteiger partial charge in [-0.2, -0.15) is 0 Å².